The van der Waals surface area contributed by atoms with E-state index in [9.17, 15) is 4.21 Å². The van der Waals surface area contributed by atoms with Crippen molar-refractivity contribution in [3.05, 3.63) is 0 Å². The summed E-state index contributed by atoms with van der Waals surface area (Å²) in [6, 6.07) is 0.380. The Kier molecular flexibility index (Phi) is 3.44. The highest BCUT2D eigenvalue weighted by molar-refractivity contribution is 7.84. The highest BCUT2D eigenvalue weighted by Gasteiger charge is 2.44. The van der Waals surface area contributed by atoms with Gasteiger partial charge in [-0.2, -0.15) is 0 Å². The van der Waals surface area contributed by atoms with Gasteiger partial charge in [0.25, 0.3) is 0 Å². The van der Waals surface area contributed by atoms with E-state index in [0.717, 1.165) is 13.0 Å². The van der Waals surface area contributed by atoms with E-state index in [4.69, 9.17) is 11.6 Å². The number of nitrogens with one attached hydrogen (secondary N) is 3. The van der Waals surface area contributed by atoms with Crippen molar-refractivity contribution in [3.8, 4) is 0 Å². The molecule has 0 amide bonds. The lowest BCUT2D eigenvalue weighted by Crippen LogP contribution is -2.65. The first-order valence-corrected chi connectivity index (χ1v) is 8.22. The van der Waals surface area contributed by atoms with E-state index in [1.807, 2.05) is 0 Å². The van der Waals surface area contributed by atoms with Gasteiger partial charge in [-0.15, -0.1) is 11.6 Å². The first kappa shape index (κ1) is 12.3. The first-order chi connectivity index (χ1) is 8.15. The Labute approximate surface area is 109 Å². The average Bonchev–Trinajstić information content (AvgIpc) is 2.70. The van der Waals surface area contributed by atoms with Crippen molar-refractivity contribution in [3.63, 3.8) is 0 Å². The summed E-state index contributed by atoms with van der Waals surface area (Å²) in [5.41, 5.74) is 3.11. The number of alkyl halides is 1. The third kappa shape index (κ3) is 2.27. The molecule has 3 aliphatic rings. The largest absolute Gasteiger partial charge is 0.284 e. The van der Waals surface area contributed by atoms with Crippen LogP contribution in [0, 0.1) is 5.92 Å². The predicted molar refractivity (Wildman–Crippen MR) is 68.5 cm³/mol. The van der Waals surface area contributed by atoms with Gasteiger partial charge < -0.3 is 0 Å². The zero-order chi connectivity index (χ0) is 12.0. The molecule has 2 saturated heterocycles. The second kappa shape index (κ2) is 4.75. The van der Waals surface area contributed by atoms with Crippen molar-refractivity contribution in [2.75, 3.05) is 12.8 Å². The minimum Gasteiger partial charge on any atom is -0.284 e. The molecule has 6 atom stereocenters. The number of nitrogens with zero attached hydrogens (tertiary/aromatic N) is 1. The number of fused-ring (bicyclic) bond motifs is 2. The predicted octanol–water partition coefficient (Wildman–Crippen LogP) is -0.279. The molecule has 0 spiro atoms. The van der Waals surface area contributed by atoms with Crippen molar-refractivity contribution < 1.29 is 4.21 Å². The summed E-state index contributed by atoms with van der Waals surface area (Å²) in [7, 11) is -0.914. The van der Waals surface area contributed by atoms with Gasteiger partial charge in [0.05, 0.1) is 10.8 Å². The summed E-state index contributed by atoms with van der Waals surface area (Å²) in [6.45, 7) is 0.978. The molecule has 5 nitrogen and oxygen atoms in total. The van der Waals surface area contributed by atoms with Crippen LogP contribution in [-0.2, 0) is 10.8 Å². The van der Waals surface area contributed by atoms with Crippen molar-refractivity contribution in [1.29, 1.82) is 0 Å². The fourth-order valence-corrected chi connectivity index (χ4v) is 4.11. The van der Waals surface area contributed by atoms with E-state index >= 15 is 0 Å². The number of rotatable bonds is 1. The third-order valence-corrected chi connectivity index (χ3v) is 5.36. The van der Waals surface area contributed by atoms with Crippen LogP contribution in [0.25, 0.3) is 0 Å². The van der Waals surface area contributed by atoms with E-state index < -0.39 is 10.8 Å². The maximum atomic E-state index is 11.5. The standard InChI is InChI=1S/C10H19ClN4OS/c1-17(16)10-13-9-12-8-6(5-15(9)14-10)3-2-4-7(8)11/h6-10,12-14H,2-5H2,1H3. The van der Waals surface area contributed by atoms with Gasteiger partial charge in [-0.3, -0.25) is 14.8 Å². The maximum absolute atomic E-state index is 11.5. The van der Waals surface area contributed by atoms with Crippen molar-refractivity contribution in [2.45, 2.75) is 42.5 Å². The molecule has 0 bridgehead atoms. The summed E-state index contributed by atoms with van der Waals surface area (Å²) in [5.74, 6) is 0.598. The minimum atomic E-state index is -0.914. The van der Waals surface area contributed by atoms with Crippen LogP contribution >= 0.6 is 11.6 Å². The van der Waals surface area contributed by atoms with E-state index in [2.05, 4.69) is 21.1 Å². The van der Waals surface area contributed by atoms with Gasteiger partial charge in [0.15, 0.2) is 5.50 Å². The number of hydrogen-bond acceptors (Lipinski definition) is 5. The monoisotopic (exact) mass is 278 g/mol. The van der Waals surface area contributed by atoms with Gasteiger partial charge in [-0.05, 0) is 18.8 Å². The second-order valence-electron chi connectivity index (χ2n) is 5.13. The molecule has 1 saturated carbocycles. The van der Waals surface area contributed by atoms with Crippen LogP contribution < -0.4 is 16.1 Å². The molecule has 2 heterocycles. The van der Waals surface area contributed by atoms with Crippen LogP contribution in [0.1, 0.15) is 19.3 Å². The van der Waals surface area contributed by atoms with Crippen molar-refractivity contribution >= 4 is 22.4 Å². The molecule has 3 fully saturated rings. The smallest absolute Gasteiger partial charge is 0.150 e. The summed E-state index contributed by atoms with van der Waals surface area (Å²) in [4.78, 5) is 0. The molecular weight excluding hydrogens is 260 g/mol. The fourth-order valence-electron chi connectivity index (χ4n) is 3.07. The molecule has 0 aromatic rings. The SMILES string of the molecule is CS(=O)C1NC2NC3C(Cl)CCCC3CN2N1. The van der Waals surface area contributed by atoms with Crippen LogP contribution in [0.15, 0.2) is 0 Å². The molecule has 98 valence electrons. The molecule has 0 aromatic carbocycles. The number of halogens is 1. The van der Waals surface area contributed by atoms with Gasteiger partial charge in [0, 0.05) is 24.2 Å². The molecule has 0 aromatic heterocycles. The van der Waals surface area contributed by atoms with Crippen LogP contribution in [0.2, 0.25) is 0 Å². The van der Waals surface area contributed by atoms with Crippen LogP contribution in [-0.4, -0.2) is 45.2 Å². The number of hydrogen-bond donors (Lipinski definition) is 3. The van der Waals surface area contributed by atoms with E-state index in [0.29, 0.717) is 12.0 Å². The molecule has 1 aliphatic carbocycles. The van der Waals surface area contributed by atoms with Gasteiger partial charge in [-0.1, -0.05) is 6.42 Å². The normalized spacial score (nSPS) is 48.5. The first-order valence-electron chi connectivity index (χ1n) is 6.16. The summed E-state index contributed by atoms with van der Waals surface area (Å²) >= 11 is 6.39. The molecule has 7 heteroatoms. The van der Waals surface area contributed by atoms with Crippen LogP contribution in [0.4, 0.5) is 0 Å². The zero-order valence-corrected chi connectivity index (χ0v) is 11.4. The molecule has 6 unspecified atom stereocenters. The van der Waals surface area contributed by atoms with E-state index in [1.165, 1.54) is 12.8 Å². The minimum absolute atomic E-state index is 0.0597. The average molecular weight is 279 g/mol. The van der Waals surface area contributed by atoms with E-state index in [1.54, 1.807) is 6.26 Å². The summed E-state index contributed by atoms with van der Waals surface area (Å²) in [5, 5.41) is 9.18. The Morgan fingerprint density at radius 2 is 2.18 bits per heavy atom. The third-order valence-electron chi connectivity index (χ3n) is 3.97. The van der Waals surface area contributed by atoms with Crippen molar-refractivity contribution in [2.24, 2.45) is 5.92 Å². The molecule has 0 radical (unpaired) electrons. The van der Waals surface area contributed by atoms with Gasteiger partial charge in [-0.25, -0.2) is 10.4 Å². The maximum Gasteiger partial charge on any atom is 0.150 e. The van der Waals surface area contributed by atoms with Crippen molar-refractivity contribution in [1.82, 2.24) is 21.1 Å². The van der Waals surface area contributed by atoms with Gasteiger partial charge in [0.2, 0.25) is 0 Å². The highest BCUT2D eigenvalue weighted by Crippen LogP contribution is 2.32. The molecule has 3 N–H and O–H groups in total. The lowest BCUT2D eigenvalue weighted by atomic mass is 9.83. The van der Waals surface area contributed by atoms with Gasteiger partial charge in [0.1, 0.15) is 6.29 Å². The molecular formula is C10H19ClN4OS. The second-order valence-corrected chi connectivity index (χ2v) is 7.16. The fraction of sp³-hybridized carbons (Fsp3) is 1.00. The zero-order valence-electron chi connectivity index (χ0n) is 9.86. The lowest BCUT2D eigenvalue weighted by molar-refractivity contribution is 0.0350. The Hall–Kier alpha value is 0.280. The summed E-state index contributed by atoms with van der Waals surface area (Å²) in [6.07, 6.45) is 5.31. The molecule has 17 heavy (non-hydrogen) atoms. The van der Waals surface area contributed by atoms with Gasteiger partial charge >= 0.3 is 0 Å². The Bertz CT molecular complexity index is 331. The Balaban J connectivity index is 1.71. The van der Waals surface area contributed by atoms with Crippen LogP contribution in [0.3, 0.4) is 0 Å². The quantitative estimate of drug-likeness (QED) is 0.576. The van der Waals surface area contributed by atoms with Crippen LogP contribution in [0.5, 0.6) is 0 Å². The Morgan fingerprint density at radius 1 is 1.35 bits per heavy atom. The van der Waals surface area contributed by atoms with E-state index in [-0.39, 0.29) is 17.2 Å². The lowest BCUT2D eigenvalue weighted by Gasteiger charge is -2.45. The molecule has 2 aliphatic heterocycles. The number of hydrazine groups is 1. The highest BCUT2D eigenvalue weighted by atomic mass is 35.5. The Morgan fingerprint density at radius 3 is 2.94 bits per heavy atom. The molecule has 3 rings (SSSR count). The summed E-state index contributed by atoms with van der Waals surface area (Å²) < 4.78 is 11.5. The topological polar surface area (TPSA) is 56.4 Å².